The molecular formula is C30H35FN2O4. The van der Waals surface area contributed by atoms with Crippen molar-refractivity contribution < 1.29 is 23.8 Å². The molecule has 1 aliphatic heterocycles. The molecule has 2 atom stereocenters. The summed E-state index contributed by atoms with van der Waals surface area (Å²) in [5.41, 5.74) is 10.3. The van der Waals surface area contributed by atoms with Crippen LogP contribution in [0.15, 0.2) is 60.7 Å². The van der Waals surface area contributed by atoms with Crippen LogP contribution < -0.4 is 15.8 Å². The minimum absolute atomic E-state index is 0.125. The van der Waals surface area contributed by atoms with Gasteiger partial charge in [-0.2, -0.15) is 0 Å². The van der Waals surface area contributed by atoms with Gasteiger partial charge in [0.15, 0.2) is 0 Å². The minimum atomic E-state index is -0.921. The summed E-state index contributed by atoms with van der Waals surface area (Å²) in [6.07, 6.45) is 3.67. The van der Waals surface area contributed by atoms with Crippen LogP contribution in [-0.2, 0) is 22.6 Å². The predicted molar refractivity (Wildman–Crippen MR) is 143 cm³/mol. The van der Waals surface area contributed by atoms with E-state index in [-0.39, 0.29) is 31.0 Å². The van der Waals surface area contributed by atoms with E-state index in [1.54, 1.807) is 30.3 Å². The van der Waals surface area contributed by atoms with Gasteiger partial charge in [-0.15, -0.1) is 0 Å². The molecule has 0 saturated carbocycles. The molecule has 0 aliphatic carbocycles. The average molecular weight is 507 g/mol. The Kier molecular flexibility index (Phi) is 9.14. The molecule has 0 bridgehead atoms. The van der Waals surface area contributed by atoms with E-state index < -0.39 is 5.97 Å². The van der Waals surface area contributed by atoms with Crippen LogP contribution in [0.4, 0.5) is 10.1 Å². The molecule has 4 rings (SSSR count). The summed E-state index contributed by atoms with van der Waals surface area (Å²) in [7, 11) is 0. The molecule has 0 aromatic heterocycles. The molecule has 196 valence electrons. The van der Waals surface area contributed by atoms with Crippen LogP contribution in [0.1, 0.15) is 55.3 Å². The summed E-state index contributed by atoms with van der Waals surface area (Å²) >= 11 is 0. The lowest BCUT2D eigenvalue weighted by Crippen LogP contribution is -2.18. The molecule has 7 heteroatoms. The highest BCUT2D eigenvalue weighted by Gasteiger charge is 2.18. The van der Waals surface area contributed by atoms with Crippen molar-refractivity contribution in [2.75, 3.05) is 18.5 Å². The zero-order valence-electron chi connectivity index (χ0n) is 21.2. The van der Waals surface area contributed by atoms with Gasteiger partial charge in [-0.05, 0) is 54.7 Å². The highest BCUT2D eigenvalue weighted by molar-refractivity contribution is 5.72. The first-order valence-corrected chi connectivity index (χ1v) is 12.9. The molecular weight excluding hydrogens is 471 g/mol. The minimum Gasteiger partial charge on any atom is -0.489 e. The van der Waals surface area contributed by atoms with Gasteiger partial charge in [-0.25, -0.2) is 4.39 Å². The molecule has 1 fully saturated rings. The van der Waals surface area contributed by atoms with E-state index in [2.05, 4.69) is 5.32 Å². The molecule has 0 unspecified atom stereocenters. The topological polar surface area (TPSA) is 93.8 Å². The second-order valence-electron chi connectivity index (χ2n) is 9.51. The fraction of sp³-hybridized carbons (Fsp3) is 0.367. The number of nitrogens with two attached hydrogens (primary N) is 1. The number of carbonyl (C=O) groups is 1. The van der Waals surface area contributed by atoms with Gasteiger partial charge in [0.1, 0.15) is 18.2 Å². The molecule has 1 heterocycles. The number of anilines is 1. The Bertz CT molecular complexity index is 1210. The SMILES string of the molecule is CCC[C@@H](N)c1cccc(-c2cc(COc3ccccc3CC(=O)O)cc(NC[C@@H]3CCCO3)c2)c1F. The highest BCUT2D eigenvalue weighted by atomic mass is 19.1. The van der Waals surface area contributed by atoms with Crippen molar-refractivity contribution in [3.8, 4) is 16.9 Å². The van der Waals surface area contributed by atoms with Crippen LogP contribution in [0, 0.1) is 5.82 Å². The molecule has 0 radical (unpaired) electrons. The molecule has 6 nitrogen and oxygen atoms in total. The number of carboxylic acid groups (broad SMARTS) is 1. The number of hydrogen-bond acceptors (Lipinski definition) is 5. The summed E-state index contributed by atoms with van der Waals surface area (Å²) in [5.74, 6) is -0.711. The van der Waals surface area contributed by atoms with E-state index >= 15 is 4.39 Å². The van der Waals surface area contributed by atoms with E-state index in [1.807, 2.05) is 37.3 Å². The van der Waals surface area contributed by atoms with Gasteiger partial charge in [0, 0.05) is 41.6 Å². The first kappa shape index (κ1) is 26.6. The number of nitrogens with one attached hydrogen (secondary N) is 1. The summed E-state index contributed by atoms with van der Waals surface area (Å²) in [6.45, 7) is 3.67. The molecule has 4 N–H and O–H groups in total. The van der Waals surface area contributed by atoms with Crippen molar-refractivity contribution in [3.63, 3.8) is 0 Å². The second kappa shape index (κ2) is 12.7. The maximum atomic E-state index is 15.6. The Morgan fingerprint density at radius 3 is 2.81 bits per heavy atom. The van der Waals surface area contributed by atoms with Crippen LogP contribution in [0.25, 0.3) is 11.1 Å². The van der Waals surface area contributed by atoms with Gasteiger partial charge in [0.25, 0.3) is 0 Å². The smallest absolute Gasteiger partial charge is 0.307 e. The van der Waals surface area contributed by atoms with Crippen LogP contribution in [-0.4, -0.2) is 30.3 Å². The van der Waals surface area contributed by atoms with Gasteiger partial charge in [0.05, 0.1) is 12.5 Å². The van der Waals surface area contributed by atoms with Crippen molar-refractivity contribution in [1.82, 2.24) is 0 Å². The van der Waals surface area contributed by atoms with Crippen LogP contribution in [0.2, 0.25) is 0 Å². The van der Waals surface area contributed by atoms with E-state index in [1.165, 1.54) is 0 Å². The average Bonchev–Trinajstić information content (AvgIpc) is 3.41. The van der Waals surface area contributed by atoms with Crippen LogP contribution in [0.3, 0.4) is 0 Å². The number of halogens is 1. The molecule has 0 amide bonds. The summed E-state index contributed by atoms with van der Waals surface area (Å²) in [6, 6.07) is 17.9. The maximum absolute atomic E-state index is 15.6. The third-order valence-corrected chi connectivity index (χ3v) is 6.60. The molecule has 3 aromatic rings. The number of benzene rings is 3. The monoisotopic (exact) mass is 506 g/mol. The van der Waals surface area contributed by atoms with Gasteiger partial charge in [-0.1, -0.05) is 49.7 Å². The number of rotatable bonds is 12. The first-order valence-electron chi connectivity index (χ1n) is 12.9. The first-order chi connectivity index (χ1) is 17.9. The zero-order chi connectivity index (χ0) is 26.2. The fourth-order valence-electron chi connectivity index (χ4n) is 4.71. The van der Waals surface area contributed by atoms with E-state index in [4.69, 9.17) is 15.2 Å². The number of ether oxygens (including phenoxy) is 2. The lowest BCUT2D eigenvalue weighted by atomic mass is 9.95. The third-order valence-electron chi connectivity index (χ3n) is 6.60. The number of carboxylic acids is 1. The molecule has 3 aromatic carbocycles. The molecule has 1 aliphatic rings. The molecule has 0 spiro atoms. The molecule has 37 heavy (non-hydrogen) atoms. The number of aliphatic carboxylic acids is 1. The Morgan fingerprint density at radius 2 is 2.05 bits per heavy atom. The van der Waals surface area contributed by atoms with E-state index in [0.717, 1.165) is 42.7 Å². The van der Waals surface area contributed by atoms with E-state index in [9.17, 15) is 9.90 Å². The lowest BCUT2D eigenvalue weighted by Gasteiger charge is -2.18. The fourth-order valence-corrected chi connectivity index (χ4v) is 4.71. The van der Waals surface area contributed by atoms with Gasteiger partial charge >= 0.3 is 5.97 Å². The lowest BCUT2D eigenvalue weighted by molar-refractivity contribution is -0.136. The van der Waals surface area contributed by atoms with Gasteiger partial charge in [-0.3, -0.25) is 4.79 Å². The quantitative estimate of drug-likeness (QED) is 0.275. The summed E-state index contributed by atoms with van der Waals surface area (Å²) in [4.78, 5) is 11.3. The second-order valence-corrected chi connectivity index (χ2v) is 9.51. The van der Waals surface area contributed by atoms with Gasteiger partial charge in [0.2, 0.25) is 0 Å². The van der Waals surface area contributed by atoms with Crippen molar-refractivity contribution >= 4 is 11.7 Å². The van der Waals surface area contributed by atoms with Crippen molar-refractivity contribution in [2.24, 2.45) is 5.73 Å². The largest absolute Gasteiger partial charge is 0.489 e. The van der Waals surface area contributed by atoms with Crippen molar-refractivity contribution in [2.45, 2.75) is 57.8 Å². The maximum Gasteiger partial charge on any atom is 0.307 e. The highest BCUT2D eigenvalue weighted by Crippen LogP contribution is 2.32. The van der Waals surface area contributed by atoms with Crippen molar-refractivity contribution in [3.05, 3.63) is 83.2 Å². The predicted octanol–water partition coefficient (Wildman–Crippen LogP) is 6.09. The Morgan fingerprint density at radius 1 is 1.22 bits per heavy atom. The zero-order valence-corrected chi connectivity index (χ0v) is 21.2. The third kappa shape index (κ3) is 7.08. The standard InChI is InChI=1S/C30H35FN2O4/c1-2-7-27(32)26-11-5-10-25(30(26)31)22-14-20(15-23(16-22)33-18-24-9-6-13-36-24)19-37-28-12-4-3-8-21(28)17-29(34)35/h3-5,8,10-12,14-16,24,27,33H,2,6-7,9,13,17-19,32H2,1H3,(H,34,35)/t24-,27+/m0/s1. The Balaban J connectivity index is 1.63. The summed E-state index contributed by atoms with van der Waals surface area (Å²) < 4.78 is 27.4. The number of para-hydroxylation sites is 1. The van der Waals surface area contributed by atoms with Crippen LogP contribution in [0.5, 0.6) is 5.75 Å². The van der Waals surface area contributed by atoms with Crippen molar-refractivity contribution in [1.29, 1.82) is 0 Å². The Labute approximate surface area is 217 Å². The molecule has 1 saturated heterocycles. The normalized spacial score (nSPS) is 15.9. The Hall–Kier alpha value is -3.42. The van der Waals surface area contributed by atoms with E-state index in [0.29, 0.717) is 35.4 Å². The number of hydrogen-bond donors (Lipinski definition) is 3. The van der Waals surface area contributed by atoms with Crippen LogP contribution >= 0.6 is 0 Å². The van der Waals surface area contributed by atoms with Gasteiger partial charge < -0.3 is 25.6 Å². The summed E-state index contributed by atoms with van der Waals surface area (Å²) in [5, 5.41) is 12.7.